The minimum atomic E-state index is -0.580. The molecule has 0 spiro atoms. The van der Waals surface area contributed by atoms with E-state index < -0.39 is 11.4 Å². The van der Waals surface area contributed by atoms with Gasteiger partial charge in [0, 0.05) is 18.1 Å². The first-order valence-electron chi connectivity index (χ1n) is 8.25. The van der Waals surface area contributed by atoms with E-state index in [4.69, 9.17) is 0 Å². The average Bonchev–Trinajstić information content (AvgIpc) is 2.68. The van der Waals surface area contributed by atoms with Gasteiger partial charge >= 0.3 is 5.97 Å². The molecule has 114 valence electrons. The Morgan fingerprint density at radius 2 is 1.70 bits per heavy atom. The van der Waals surface area contributed by atoms with Gasteiger partial charge in [0.05, 0.1) is 5.41 Å². The molecule has 20 heavy (non-hydrogen) atoms. The molecule has 3 aliphatic heterocycles. The van der Waals surface area contributed by atoms with Gasteiger partial charge in [-0.15, -0.1) is 0 Å². The number of carboxylic acids is 1. The van der Waals surface area contributed by atoms with Gasteiger partial charge in [-0.25, -0.2) is 0 Å². The molecule has 3 saturated heterocycles. The van der Waals surface area contributed by atoms with Gasteiger partial charge in [0.2, 0.25) is 0 Å². The second-order valence-corrected chi connectivity index (χ2v) is 7.15. The summed E-state index contributed by atoms with van der Waals surface area (Å²) in [7, 11) is 2.28. The Morgan fingerprint density at radius 1 is 1.15 bits per heavy atom. The third kappa shape index (κ3) is 2.27. The van der Waals surface area contributed by atoms with E-state index in [0.717, 1.165) is 44.4 Å². The highest BCUT2D eigenvalue weighted by molar-refractivity contribution is 5.74. The number of likely N-dealkylation sites (tertiary alicyclic amines) is 1. The van der Waals surface area contributed by atoms with Gasteiger partial charge in [0.25, 0.3) is 0 Å². The Labute approximate surface area is 122 Å². The summed E-state index contributed by atoms with van der Waals surface area (Å²) in [5, 5.41) is 9.49. The maximum atomic E-state index is 11.5. The Balaban J connectivity index is 1.60. The molecule has 3 heterocycles. The monoisotopic (exact) mass is 280 g/mol. The van der Waals surface area contributed by atoms with Crippen LogP contribution in [0.3, 0.4) is 0 Å². The van der Waals surface area contributed by atoms with Gasteiger partial charge in [0.15, 0.2) is 0 Å². The SMILES string of the molecule is CCC1(C(=O)O)CCN(C2CC3CCC(C2)N3C)CC1. The van der Waals surface area contributed by atoms with E-state index in [1.54, 1.807) is 0 Å². The van der Waals surface area contributed by atoms with E-state index in [0.29, 0.717) is 6.04 Å². The van der Waals surface area contributed by atoms with Gasteiger partial charge in [0.1, 0.15) is 0 Å². The number of hydrogen-bond acceptors (Lipinski definition) is 3. The summed E-state index contributed by atoms with van der Waals surface area (Å²) in [6.07, 6.45) is 7.74. The number of piperidine rings is 2. The van der Waals surface area contributed by atoms with Crippen LogP contribution in [-0.2, 0) is 4.79 Å². The number of carboxylic acid groups (broad SMARTS) is 1. The van der Waals surface area contributed by atoms with E-state index in [1.165, 1.54) is 25.7 Å². The van der Waals surface area contributed by atoms with Gasteiger partial charge in [-0.3, -0.25) is 4.79 Å². The van der Waals surface area contributed by atoms with Crippen molar-refractivity contribution in [3.05, 3.63) is 0 Å². The van der Waals surface area contributed by atoms with Gasteiger partial charge in [-0.05, 0) is 65.1 Å². The number of hydrogen-bond donors (Lipinski definition) is 1. The van der Waals surface area contributed by atoms with E-state index in [9.17, 15) is 9.90 Å². The van der Waals surface area contributed by atoms with Crippen LogP contribution in [0.25, 0.3) is 0 Å². The number of aliphatic carboxylic acids is 1. The van der Waals surface area contributed by atoms with E-state index in [1.807, 2.05) is 6.92 Å². The van der Waals surface area contributed by atoms with Crippen LogP contribution >= 0.6 is 0 Å². The highest BCUT2D eigenvalue weighted by Crippen LogP contribution is 2.40. The van der Waals surface area contributed by atoms with Crippen LogP contribution in [0.15, 0.2) is 0 Å². The summed E-state index contributed by atoms with van der Waals surface area (Å²) < 4.78 is 0. The fourth-order valence-corrected chi connectivity index (χ4v) is 4.72. The largest absolute Gasteiger partial charge is 0.481 e. The van der Waals surface area contributed by atoms with Crippen molar-refractivity contribution in [3.8, 4) is 0 Å². The van der Waals surface area contributed by atoms with Crippen LogP contribution in [0.5, 0.6) is 0 Å². The van der Waals surface area contributed by atoms with Crippen molar-refractivity contribution in [3.63, 3.8) is 0 Å². The topological polar surface area (TPSA) is 43.8 Å². The van der Waals surface area contributed by atoms with Crippen LogP contribution < -0.4 is 0 Å². The summed E-state index contributed by atoms with van der Waals surface area (Å²) in [6, 6.07) is 2.25. The zero-order chi connectivity index (χ0) is 14.3. The smallest absolute Gasteiger partial charge is 0.309 e. The van der Waals surface area contributed by atoms with Crippen LogP contribution in [-0.4, -0.2) is 59.1 Å². The molecule has 0 aromatic heterocycles. The van der Waals surface area contributed by atoms with Crippen molar-refractivity contribution >= 4 is 5.97 Å². The number of fused-ring (bicyclic) bond motifs is 2. The van der Waals surface area contributed by atoms with Crippen molar-refractivity contribution in [2.45, 2.75) is 70.0 Å². The second kappa shape index (κ2) is 5.30. The Morgan fingerprint density at radius 3 is 2.15 bits per heavy atom. The quantitative estimate of drug-likeness (QED) is 0.860. The van der Waals surface area contributed by atoms with Crippen molar-refractivity contribution in [2.75, 3.05) is 20.1 Å². The van der Waals surface area contributed by atoms with Crippen LogP contribution in [0, 0.1) is 5.41 Å². The molecule has 0 aromatic carbocycles. The van der Waals surface area contributed by atoms with Gasteiger partial charge < -0.3 is 14.9 Å². The Hall–Kier alpha value is -0.610. The van der Waals surface area contributed by atoms with Crippen molar-refractivity contribution < 1.29 is 9.90 Å². The van der Waals surface area contributed by atoms with Crippen molar-refractivity contribution in [1.82, 2.24) is 9.80 Å². The third-order valence-electron chi connectivity index (χ3n) is 6.48. The molecule has 0 aliphatic carbocycles. The molecule has 3 rings (SSSR count). The average molecular weight is 280 g/mol. The second-order valence-electron chi connectivity index (χ2n) is 7.15. The summed E-state index contributed by atoms with van der Waals surface area (Å²) in [6.45, 7) is 3.99. The lowest BCUT2D eigenvalue weighted by Crippen LogP contribution is -2.53. The number of rotatable bonds is 3. The van der Waals surface area contributed by atoms with Crippen LogP contribution in [0.1, 0.15) is 51.9 Å². The minimum absolute atomic E-state index is 0.444. The maximum absolute atomic E-state index is 11.5. The molecule has 3 fully saturated rings. The Kier molecular flexibility index (Phi) is 3.80. The zero-order valence-electron chi connectivity index (χ0n) is 12.8. The zero-order valence-corrected chi connectivity index (χ0v) is 12.8. The van der Waals surface area contributed by atoms with Gasteiger partial charge in [-0.2, -0.15) is 0 Å². The molecule has 3 aliphatic rings. The standard InChI is InChI=1S/C16H28N2O2/c1-3-16(15(19)20)6-8-18(9-7-16)14-10-12-4-5-13(11-14)17(12)2/h12-14H,3-11H2,1-2H3,(H,19,20). The summed E-state index contributed by atoms with van der Waals surface area (Å²) in [5.41, 5.74) is -0.444. The predicted molar refractivity (Wildman–Crippen MR) is 78.8 cm³/mol. The maximum Gasteiger partial charge on any atom is 0.309 e. The molecule has 0 amide bonds. The van der Waals surface area contributed by atoms with Crippen molar-refractivity contribution in [1.29, 1.82) is 0 Å². The highest BCUT2D eigenvalue weighted by atomic mass is 16.4. The van der Waals surface area contributed by atoms with E-state index in [-0.39, 0.29) is 0 Å². The highest BCUT2D eigenvalue weighted by Gasteiger charge is 2.44. The van der Waals surface area contributed by atoms with Crippen molar-refractivity contribution in [2.24, 2.45) is 5.41 Å². The first-order valence-corrected chi connectivity index (χ1v) is 8.25. The molecule has 0 saturated carbocycles. The molecule has 4 heteroatoms. The fourth-order valence-electron chi connectivity index (χ4n) is 4.72. The normalized spacial score (nSPS) is 38.0. The molecular formula is C16H28N2O2. The lowest BCUT2D eigenvalue weighted by atomic mass is 9.75. The van der Waals surface area contributed by atoms with Gasteiger partial charge in [-0.1, -0.05) is 6.92 Å². The first kappa shape index (κ1) is 14.3. The fraction of sp³-hybridized carbons (Fsp3) is 0.938. The molecular weight excluding hydrogens is 252 g/mol. The summed E-state index contributed by atoms with van der Waals surface area (Å²) in [4.78, 5) is 16.7. The van der Waals surface area contributed by atoms with E-state index in [2.05, 4.69) is 16.8 Å². The molecule has 1 N–H and O–H groups in total. The Bertz CT molecular complexity index is 363. The third-order valence-corrected chi connectivity index (χ3v) is 6.48. The molecule has 0 radical (unpaired) electrons. The summed E-state index contributed by atoms with van der Waals surface area (Å²) in [5.74, 6) is -0.580. The molecule has 0 aromatic rings. The molecule has 2 bridgehead atoms. The van der Waals surface area contributed by atoms with E-state index >= 15 is 0 Å². The lowest BCUT2D eigenvalue weighted by molar-refractivity contribution is -0.153. The minimum Gasteiger partial charge on any atom is -0.481 e. The summed E-state index contributed by atoms with van der Waals surface area (Å²) >= 11 is 0. The first-order chi connectivity index (χ1) is 9.55. The number of nitrogens with zero attached hydrogens (tertiary/aromatic N) is 2. The molecule has 2 unspecified atom stereocenters. The molecule has 4 nitrogen and oxygen atoms in total. The predicted octanol–water partition coefficient (Wildman–Crippen LogP) is 2.19. The number of carbonyl (C=O) groups is 1. The van der Waals surface area contributed by atoms with Crippen LogP contribution in [0.2, 0.25) is 0 Å². The van der Waals surface area contributed by atoms with Crippen LogP contribution in [0.4, 0.5) is 0 Å². The molecule has 2 atom stereocenters. The lowest BCUT2D eigenvalue weighted by Gasteiger charge is -2.46.